The van der Waals surface area contributed by atoms with E-state index in [1.807, 2.05) is 24.3 Å². The molecular weight excluding hydrogens is 260 g/mol. The molecule has 0 aliphatic carbocycles. The Labute approximate surface area is 127 Å². The molecule has 1 aliphatic heterocycles. The maximum Gasteiger partial charge on any atom is 0.0991 e. The van der Waals surface area contributed by atoms with Crippen molar-refractivity contribution in [3.05, 3.63) is 35.4 Å². The third-order valence-corrected chi connectivity index (χ3v) is 4.17. The lowest BCUT2D eigenvalue weighted by Gasteiger charge is -2.38. The van der Waals surface area contributed by atoms with E-state index in [4.69, 9.17) is 10.7 Å². The lowest BCUT2D eigenvalue weighted by molar-refractivity contribution is 0.103. The van der Waals surface area contributed by atoms with Gasteiger partial charge in [0, 0.05) is 44.4 Å². The smallest absolute Gasteiger partial charge is 0.0991 e. The molecular formula is C17H24N4. The molecule has 0 amide bonds. The van der Waals surface area contributed by atoms with Crippen molar-refractivity contribution < 1.29 is 0 Å². The molecule has 112 valence electrons. The molecule has 1 N–H and O–H groups in total. The van der Waals surface area contributed by atoms with E-state index in [1.54, 1.807) is 0 Å². The third-order valence-electron chi connectivity index (χ3n) is 4.17. The molecule has 0 spiro atoms. The minimum Gasteiger partial charge on any atom is -0.309 e. The topological polar surface area (TPSA) is 54.1 Å². The first-order valence-electron chi connectivity index (χ1n) is 7.56. The average Bonchev–Trinajstić information content (AvgIpc) is 2.47. The van der Waals surface area contributed by atoms with E-state index in [0.29, 0.717) is 18.0 Å². The van der Waals surface area contributed by atoms with Gasteiger partial charge in [-0.05, 0) is 38.1 Å². The highest BCUT2D eigenvalue weighted by Crippen LogP contribution is 2.10. The minimum atomic E-state index is 0.575. The fourth-order valence-corrected chi connectivity index (χ4v) is 2.82. The molecule has 1 aromatic rings. The molecule has 1 aliphatic rings. The van der Waals surface area contributed by atoms with Crippen molar-refractivity contribution in [3.8, 4) is 6.07 Å². The first-order chi connectivity index (χ1) is 10.1. The van der Waals surface area contributed by atoms with E-state index in [-0.39, 0.29) is 0 Å². The quantitative estimate of drug-likeness (QED) is 0.843. The monoisotopic (exact) mass is 284 g/mol. The number of hydrogen-bond donors (Lipinski definition) is 1. The molecule has 0 bridgehead atoms. The van der Waals surface area contributed by atoms with Crippen molar-refractivity contribution in [1.82, 2.24) is 9.80 Å². The van der Waals surface area contributed by atoms with Crippen molar-refractivity contribution in [3.63, 3.8) is 0 Å². The van der Waals surface area contributed by atoms with E-state index in [2.05, 4.69) is 29.8 Å². The van der Waals surface area contributed by atoms with Crippen LogP contribution < -0.4 is 0 Å². The van der Waals surface area contributed by atoms with Gasteiger partial charge in [0.15, 0.2) is 0 Å². The molecule has 2 rings (SSSR count). The summed E-state index contributed by atoms with van der Waals surface area (Å²) in [4.78, 5) is 4.84. The van der Waals surface area contributed by atoms with Crippen LogP contribution in [0, 0.1) is 16.7 Å². The predicted octanol–water partition coefficient (Wildman–Crippen LogP) is 2.15. The van der Waals surface area contributed by atoms with Gasteiger partial charge in [0.05, 0.1) is 11.6 Å². The third kappa shape index (κ3) is 4.66. The number of piperazine rings is 1. The van der Waals surface area contributed by atoms with Gasteiger partial charge in [0.1, 0.15) is 0 Å². The summed E-state index contributed by atoms with van der Waals surface area (Å²) in [6.07, 6.45) is 1.52. The Hall–Kier alpha value is -1.70. The van der Waals surface area contributed by atoms with E-state index in [1.165, 1.54) is 0 Å². The Morgan fingerprint density at radius 1 is 1.33 bits per heavy atom. The summed E-state index contributed by atoms with van der Waals surface area (Å²) in [5.74, 6) is 0. The Bertz CT molecular complexity index is 515. The summed E-state index contributed by atoms with van der Waals surface area (Å²) in [7, 11) is 2.17. The van der Waals surface area contributed by atoms with Crippen molar-refractivity contribution in [2.45, 2.75) is 25.8 Å². The second kappa shape index (κ2) is 7.35. The first kappa shape index (κ1) is 15.7. The van der Waals surface area contributed by atoms with Gasteiger partial charge in [-0.15, -0.1) is 0 Å². The molecule has 0 radical (unpaired) electrons. The zero-order valence-corrected chi connectivity index (χ0v) is 13.0. The average molecular weight is 284 g/mol. The second-order valence-electron chi connectivity index (χ2n) is 5.99. The molecule has 0 unspecified atom stereocenters. The van der Waals surface area contributed by atoms with Gasteiger partial charge < -0.3 is 10.3 Å². The van der Waals surface area contributed by atoms with Crippen LogP contribution in [0.5, 0.6) is 0 Å². The zero-order valence-electron chi connectivity index (χ0n) is 13.0. The molecule has 1 aromatic carbocycles. The van der Waals surface area contributed by atoms with Gasteiger partial charge >= 0.3 is 0 Å². The van der Waals surface area contributed by atoms with Crippen LogP contribution in [0.3, 0.4) is 0 Å². The first-order valence-corrected chi connectivity index (χ1v) is 7.56. The van der Waals surface area contributed by atoms with Crippen molar-refractivity contribution in [2.75, 3.05) is 33.2 Å². The van der Waals surface area contributed by atoms with Crippen LogP contribution in [0.2, 0.25) is 0 Å². The standard InChI is InChI=1S/C17H24N4/c1-14-13-20(2)9-10-21(14)8-7-17(19)11-15-3-5-16(12-18)6-4-15/h3-6,14,19H,7-11,13H2,1-2H3/t14-/m1/s1. The normalized spacial score (nSPS) is 20.1. The van der Waals surface area contributed by atoms with Gasteiger partial charge in [-0.25, -0.2) is 0 Å². The number of nitrogens with one attached hydrogen (secondary N) is 1. The summed E-state index contributed by atoms with van der Waals surface area (Å²) >= 11 is 0. The van der Waals surface area contributed by atoms with Gasteiger partial charge in [0.25, 0.3) is 0 Å². The molecule has 21 heavy (non-hydrogen) atoms. The van der Waals surface area contributed by atoms with Gasteiger partial charge in [-0.2, -0.15) is 5.26 Å². The maximum absolute atomic E-state index is 8.78. The Morgan fingerprint density at radius 3 is 2.67 bits per heavy atom. The summed E-state index contributed by atoms with van der Waals surface area (Å²) in [6.45, 7) is 6.57. The van der Waals surface area contributed by atoms with E-state index < -0.39 is 0 Å². The molecule has 1 heterocycles. The SMILES string of the molecule is C[C@@H]1CN(C)CCN1CCC(=N)Cc1ccc(C#N)cc1. The summed E-state index contributed by atoms with van der Waals surface area (Å²) in [5.41, 5.74) is 2.56. The molecule has 4 nitrogen and oxygen atoms in total. The largest absolute Gasteiger partial charge is 0.309 e. The van der Waals surface area contributed by atoms with Crippen molar-refractivity contribution >= 4 is 5.71 Å². The Kier molecular flexibility index (Phi) is 5.49. The number of nitrogens with zero attached hydrogens (tertiary/aromatic N) is 3. The summed E-state index contributed by atoms with van der Waals surface area (Å²) in [5, 5.41) is 16.9. The lowest BCUT2D eigenvalue weighted by atomic mass is 10.0. The van der Waals surface area contributed by atoms with Crippen LogP contribution in [0.1, 0.15) is 24.5 Å². The molecule has 4 heteroatoms. The maximum atomic E-state index is 8.78. The number of likely N-dealkylation sites (N-methyl/N-ethyl adjacent to an activating group) is 1. The number of rotatable bonds is 5. The van der Waals surface area contributed by atoms with Gasteiger partial charge in [-0.1, -0.05) is 12.1 Å². The minimum absolute atomic E-state index is 0.575. The second-order valence-corrected chi connectivity index (χ2v) is 5.99. The highest BCUT2D eigenvalue weighted by Gasteiger charge is 2.20. The van der Waals surface area contributed by atoms with E-state index in [9.17, 15) is 0 Å². The molecule has 0 aromatic heterocycles. The van der Waals surface area contributed by atoms with E-state index in [0.717, 1.165) is 43.9 Å². The summed E-state index contributed by atoms with van der Waals surface area (Å²) < 4.78 is 0. The Balaban J connectivity index is 1.78. The highest BCUT2D eigenvalue weighted by molar-refractivity contribution is 5.83. The fourth-order valence-electron chi connectivity index (χ4n) is 2.82. The molecule has 1 fully saturated rings. The number of nitriles is 1. The molecule has 1 saturated heterocycles. The molecule has 0 saturated carbocycles. The van der Waals surface area contributed by atoms with Gasteiger partial charge in [-0.3, -0.25) is 4.90 Å². The van der Waals surface area contributed by atoms with Crippen LogP contribution in [-0.4, -0.2) is 54.8 Å². The fraction of sp³-hybridized carbons (Fsp3) is 0.529. The van der Waals surface area contributed by atoms with Crippen LogP contribution in [0.4, 0.5) is 0 Å². The summed E-state index contributed by atoms with van der Waals surface area (Å²) in [6, 6.07) is 10.2. The number of benzene rings is 1. The van der Waals surface area contributed by atoms with E-state index >= 15 is 0 Å². The van der Waals surface area contributed by atoms with Crippen LogP contribution in [0.25, 0.3) is 0 Å². The Morgan fingerprint density at radius 2 is 2.05 bits per heavy atom. The number of hydrogen-bond acceptors (Lipinski definition) is 4. The van der Waals surface area contributed by atoms with Gasteiger partial charge in [0.2, 0.25) is 0 Å². The predicted molar refractivity (Wildman–Crippen MR) is 85.7 cm³/mol. The van der Waals surface area contributed by atoms with Crippen LogP contribution in [0.15, 0.2) is 24.3 Å². The van der Waals surface area contributed by atoms with Crippen LogP contribution in [-0.2, 0) is 6.42 Å². The van der Waals surface area contributed by atoms with Crippen LogP contribution >= 0.6 is 0 Å². The molecule has 1 atom stereocenters. The van der Waals surface area contributed by atoms with Crippen molar-refractivity contribution in [2.24, 2.45) is 0 Å². The zero-order chi connectivity index (χ0) is 15.2. The van der Waals surface area contributed by atoms with Crippen molar-refractivity contribution in [1.29, 1.82) is 10.7 Å². The highest BCUT2D eigenvalue weighted by atomic mass is 15.3. The lowest BCUT2D eigenvalue weighted by Crippen LogP contribution is -2.50.